The number of fused-ring (bicyclic) bond motifs is 2. The van der Waals surface area contributed by atoms with Gasteiger partial charge in [-0.25, -0.2) is 0 Å². The average Bonchev–Trinajstić information content (AvgIpc) is 3.04. The molecule has 0 radical (unpaired) electrons. The predicted octanol–water partition coefficient (Wildman–Crippen LogP) is 1.29. The minimum atomic E-state index is -0.743. The van der Waals surface area contributed by atoms with Crippen molar-refractivity contribution in [1.29, 1.82) is 0 Å². The van der Waals surface area contributed by atoms with Crippen LogP contribution in [0.4, 0.5) is 0 Å². The highest BCUT2D eigenvalue weighted by Gasteiger charge is 2.25. The number of aromatic nitrogens is 2. The fraction of sp³-hybridized carbons (Fsp3) is 0.211. The maximum Gasteiger partial charge on any atom is 0.314 e. The topological polar surface area (TPSA) is 95.3 Å². The molecule has 0 unspecified atom stereocenters. The van der Waals surface area contributed by atoms with Gasteiger partial charge in [0.05, 0.1) is 17.6 Å². The number of hydrogen-bond donors (Lipinski definition) is 2. The molecule has 0 bridgehead atoms. The fourth-order valence-corrected chi connectivity index (χ4v) is 3.21. The number of rotatable bonds is 3. The molecular formula is C19H17N3O4. The van der Waals surface area contributed by atoms with Crippen molar-refractivity contribution >= 4 is 16.9 Å². The Morgan fingerprint density at radius 1 is 1.12 bits per heavy atom. The lowest BCUT2D eigenvalue weighted by Gasteiger charge is -2.21. The lowest BCUT2D eigenvalue weighted by molar-refractivity contribution is 0.0730. The number of hydrogen-bond acceptors (Lipinski definition) is 4. The highest BCUT2D eigenvalue weighted by Crippen LogP contribution is 2.28. The molecule has 2 aromatic carbocycles. The Bertz CT molecular complexity index is 1090. The number of aromatic amines is 2. The van der Waals surface area contributed by atoms with Crippen molar-refractivity contribution in [2.45, 2.75) is 12.5 Å². The van der Waals surface area contributed by atoms with E-state index in [9.17, 15) is 14.4 Å². The van der Waals surface area contributed by atoms with Crippen molar-refractivity contribution < 1.29 is 9.53 Å². The van der Waals surface area contributed by atoms with Crippen LogP contribution in [0.1, 0.15) is 15.9 Å². The molecule has 3 aromatic rings. The first-order valence-electron chi connectivity index (χ1n) is 8.27. The zero-order valence-electron chi connectivity index (χ0n) is 14.1. The summed E-state index contributed by atoms with van der Waals surface area (Å²) < 4.78 is 5.88. The van der Waals surface area contributed by atoms with Crippen LogP contribution in [-0.4, -0.2) is 40.5 Å². The van der Waals surface area contributed by atoms with Gasteiger partial charge in [0.1, 0.15) is 11.9 Å². The molecule has 0 fully saturated rings. The van der Waals surface area contributed by atoms with Gasteiger partial charge in [-0.2, -0.15) is 0 Å². The first-order chi connectivity index (χ1) is 12.5. The summed E-state index contributed by atoms with van der Waals surface area (Å²) in [6, 6.07) is 12.6. The molecule has 7 nitrogen and oxygen atoms in total. The van der Waals surface area contributed by atoms with E-state index in [-0.39, 0.29) is 12.0 Å². The summed E-state index contributed by atoms with van der Waals surface area (Å²) in [7, 11) is 1.72. The molecule has 4 rings (SSSR count). The van der Waals surface area contributed by atoms with E-state index in [1.165, 1.54) is 0 Å². The Balaban J connectivity index is 1.52. The molecule has 0 saturated carbocycles. The number of carbonyl (C=O) groups is 1. The maximum atomic E-state index is 12.7. The summed E-state index contributed by atoms with van der Waals surface area (Å²) in [6.45, 7) is 0.452. The molecule has 0 aliphatic carbocycles. The van der Waals surface area contributed by atoms with Gasteiger partial charge in [0, 0.05) is 19.0 Å². The summed E-state index contributed by atoms with van der Waals surface area (Å²) in [5.41, 5.74) is 1.00. The second-order valence-corrected chi connectivity index (χ2v) is 6.41. The average molecular weight is 351 g/mol. The van der Waals surface area contributed by atoms with Gasteiger partial charge in [-0.15, -0.1) is 0 Å². The summed E-state index contributed by atoms with van der Waals surface area (Å²) in [6.07, 6.45) is 0.679. The van der Waals surface area contributed by atoms with Gasteiger partial charge < -0.3 is 19.6 Å². The van der Waals surface area contributed by atoms with E-state index in [2.05, 4.69) is 9.97 Å². The molecule has 1 aliphatic heterocycles. The zero-order valence-corrected chi connectivity index (χ0v) is 14.1. The van der Waals surface area contributed by atoms with Gasteiger partial charge in [-0.1, -0.05) is 18.2 Å². The fourth-order valence-electron chi connectivity index (χ4n) is 3.21. The van der Waals surface area contributed by atoms with E-state index in [0.29, 0.717) is 23.1 Å². The number of amides is 1. The monoisotopic (exact) mass is 351 g/mol. The van der Waals surface area contributed by atoms with Crippen molar-refractivity contribution in [3.05, 3.63) is 74.3 Å². The number of benzene rings is 2. The second kappa shape index (κ2) is 6.18. The van der Waals surface area contributed by atoms with Crippen molar-refractivity contribution in [3.63, 3.8) is 0 Å². The van der Waals surface area contributed by atoms with E-state index in [4.69, 9.17) is 4.74 Å². The number of carbonyl (C=O) groups excluding carboxylic acids is 1. The van der Waals surface area contributed by atoms with E-state index < -0.39 is 11.1 Å². The third-order valence-electron chi connectivity index (χ3n) is 4.51. The van der Waals surface area contributed by atoms with E-state index in [1.807, 2.05) is 24.3 Å². The Morgan fingerprint density at radius 2 is 1.85 bits per heavy atom. The Morgan fingerprint density at radius 3 is 2.62 bits per heavy atom. The smallest absolute Gasteiger partial charge is 0.314 e. The predicted molar refractivity (Wildman–Crippen MR) is 96.7 cm³/mol. The van der Waals surface area contributed by atoms with Crippen molar-refractivity contribution in [2.24, 2.45) is 0 Å². The Hall–Kier alpha value is -3.35. The van der Waals surface area contributed by atoms with Crippen LogP contribution >= 0.6 is 0 Å². The molecule has 132 valence electrons. The van der Waals surface area contributed by atoms with Crippen LogP contribution < -0.4 is 15.9 Å². The molecular weight excluding hydrogens is 334 g/mol. The number of ether oxygens (including phenoxy) is 1. The molecule has 26 heavy (non-hydrogen) atoms. The van der Waals surface area contributed by atoms with Crippen LogP contribution in [0.5, 0.6) is 5.75 Å². The molecule has 1 atom stereocenters. The van der Waals surface area contributed by atoms with Gasteiger partial charge in [0.25, 0.3) is 5.91 Å². The van der Waals surface area contributed by atoms with Gasteiger partial charge >= 0.3 is 11.1 Å². The largest absolute Gasteiger partial charge is 0.488 e. The third kappa shape index (κ3) is 2.88. The van der Waals surface area contributed by atoms with Crippen LogP contribution in [0, 0.1) is 0 Å². The summed E-state index contributed by atoms with van der Waals surface area (Å²) in [5.74, 6) is 0.684. The summed E-state index contributed by atoms with van der Waals surface area (Å²) in [4.78, 5) is 42.1. The zero-order chi connectivity index (χ0) is 18.3. The normalized spacial score (nSPS) is 15.5. The SMILES string of the molecule is CN(C[C@H]1Cc2ccccc2O1)C(=O)c1ccc2[nH]c(=O)c(=O)[nH]c2c1. The first-order valence-corrected chi connectivity index (χ1v) is 8.27. The Kier molecular flexibility index (Phi) is 3.84. The van der Waals surface area contributed by atoms with Crippen LogP contribution in [0.3, 0.4) is 0 Å². The van der Waals surface area contributed by atoms with E-state index in [0.717, 1.165) is 17.7 Å². The molecule has 1 aromatic heterocycles. The third-order valence-corrected chi connectivity index (χ3v) is 4.51. The highest BCUT2D eigenvalue weighted by atomic mass is 16.5. The van der Waals surface area contributed by atoms with Gasteiger partial charge in [0.15, 0.2) is 0 Å². The van der Waals surface area contributed by atoms with E-state index in [1.54, 1.807) is 30.1 Å². The van der Waals surface area contributed by atoms with Gasteiger partial charge in [0.2, 0.25) is 0 Å². The van der Waals surface area contributed by atoms with E-state index >= 15 is 0 Å². The molecule has 0 saturated heterocycles. The standard InChI is InChI=1S/C19H17N3O4/c1-22(10-13-8-11-4-2-3-5-16(11)26-13)19(25)12-6-7-14-15(9-12)21-18(24)17(23)20-14/h2-7,9,13H,8,10H2,1H3,(H,20,23)(H,21,24)/t13-/m1/s1. The molecule has 1 aliphatic rings. The Labute approximate surface area is 148 Å². The molecule has 2 heterocycles. The number of para-hydroxylation sites is 1. The molecule has 7 heteroatoms. The van der Waals surface area contributed by atoms with Crippen LogP contribution in [-0.2, 0) is 6.42 Å². The first kappa shape index (κ1) is 16.1. The number of nitrogens with zero attached hydrogens (tertiary/aromatic N) is 1. The summed E-state index contributed by atoms with van der Waals surface area (Å²) >= 11 is 0. The van der Waals surface area contributed by atoms with Crippen LogP contribution in [0.25, 0.3) is 11.0 Å². The lowest BCUT2D eigenvalue weighted by Crippen LogP contribution is -2.36. The highest BCUT2D eigenvalue weighted by molar-refractivity contribution is 5.97. The summed E-state index contributed by atoms with van der Waals surface area (Å²) in [5, 5.41) is 0. The van der Waals surface area contributed by atoms with Gasteiger partial charge in [-0.05, 0) is 29.8 Å². The number of likely N-dealkylation sites (N-methyl/N-ethyl adjacent to an activating group) is 1. The van der Waals surface area contributed by atoms with Crippen LogP contribution in [0.15, 0.2) is 52.1 Å². The minimum Gasteiger partial charge on any atom is -0.488 e. The molecule has 0 spiro atoms. The minimum absolute atomic E-state index is 0.0852. The maximum absolute atomic E-state index is 12.7. The van der Waals surface area contributed by atoms with Gasteiger partial charge in [-0.3, -0.25) is 14.4 Å². The number of H-pyrrole nitrogens is 2. The molecule has 2 N–H and O–H groups in total. The lowest BCUT2D eigenvalue weighted by atomic mass is 10.1. The number of nitrogens with one attached hydrogen (secondary N) is 2. The van der Waals surface area contributed by atoms with Crippen molar-refractivity contribution in [3.8, 4) is 5.75 Å². The van der Waals surface area contributed by atoms with Crippen LogP contribution in [0.2, 0.25) is 0 Å². The second-order valence-electron chi connectivity index (χ2n) is 6.41. The quantitative estimate of drug-likeness (QED) is 0.695. The molecule has 1 amide bonds. The van der Waals surface area contributed by atoms with Crippen molar-refractivity contribution in [1.82, 2.24) is 14.9 Å². The van der Waals surface area contributed by atoms with Crippen molar-refractivity contribution in [2.75, 3.05) is 13.6 Å².